The van der Waals surface area contributed by atoms with Crippen molar-refractivity contribution in [1.29, 1.82) is 5.26 Å². The molecule has 0 amide bonds. The SMILES string of the molecule is CCc1cnn(-c2cc(C#N)ccn2)c1OCC1=CC=C(F)CC1. The maximum Gasteiger partial charge on any atom is 0.221 e. The molecule has 1 aliphatic carbocycles. The number of halogens is 1. The zero-order valence-electron chi connectivity index (χ0n) is 13.4. The minimum absolute atomic E-state index is 0.101. The molecule has 0 fully saturated rings. The zero-order chi connectivity index (χ0) is 16.9. The molecule has 0 radical (unpaired) electrons. The number of aryl methyl sites for hydroxylation is 1. The van der Waals surface area contributed by atoms with E-state index in [2.05, 4.69) is 16.2 Å². The molecule has 3 rings (SSSR count). The van der Waals surface area contributed by atoms with Crippen molar-refractivity contribution in [3.05, 3.63) is 59.2 Å². The van der Waals surface area contributed by atoms with Crippen molar-refractivity contribution in [1.82, 2.24) is 14.8 Å². The summed E-state index contributed by atoms with van der Waals surface area (Å²) in [6.07, 6.45) is 8.40. The third-order valence-electron chi connectivity index (χ3n) is 3.85. The first-order valence-electron chi connectivity index (χ1n) is 7.81. The van der Waals surface area contributed by atoms with Gasteiger partial charge >= 0.3 is 0 Å². The normalized spacial score (nSPS) is 13.9. The number of ether oxygens (including phenoxy) is 1. The molecule has 0 N–H and O–H groups in total. The second kappa shape index (κ2) is 7.09. The van der Waals surface area contributed by atoms with Crippen LogP contribution in [0, 0.1) is 11.3 Å². The van der Waals surface area contributed by atoms with Crippen LogP contribution in [0.4, 0.5) is 4.39 Å². The van der Waals surface area contributed by atoms with Gasteiger partial charge in [-0.05, 0) is 30.6 Å². The van der Waals surface area contributed by atoms with Crippen molar-refractivity contribution >= 4 is 0 Å². The van der Waals surface area contributed by atoms with Gasteiger partial charge in [0.1, 0.15) is 12.4 Å². The van der Waals surface area contributed by atoms with Crippen LogP contribution in [0.1, 0.15) is 30.9 Å². The molecule has 0 aliphatic heterocycles. The van der Waals surface area contributed by atoms with Crippen molar-refractivity contribution in [3.8, 4) is 17.8 Å². The lowest BCUT2D eigenvalue weighted by atomic mass is 10.1. The number of hydrogen-bond acceptors (Lipinski definition) is 4. The predicted octanol–water partition coefficient (Wildman–Crippen LogP) is 3.65. The van der Waals surface area contributed by atoms with Crippen LogP contribution in [0.2, 0.25) is 0 Å². The number of nitrogens with zero attached hydrogens (tertiary/aromatic N) is 4. The largest absolute Gasteiger partial charge is 0.473 e. The molecule has 2 aromatic heterocycles. The van der Waals surface area contributed by atoms with E-state index < -0.39 is 0 Å². The third-order valence-corrected chi connectivity index (χ3v) is 3.85. The average molecular weight is 324 g/mol. The standard InChI is InChI=1S/C18H17FN4O/c1-2-15-11-22-23(17-9-14(10-20)7-8-21-17)18(15)24-12-13-3-5-16(19)6-4-13/h3,5,7-9,11H,2,4,6,12H2,1H3. The van der Waals surface area contributed by atoms with Gasteiger partial charge in [-0.1, -0.05) is 13.0 Å². The Morgan fingerprint density at radius 1 is 1.38 bits per heavy atom. The summed E-state index contributed by atoms with van der Waals surface area (Å²) in [4.78, 5) is 4.27. The summed E-state index contributed by atoms with van der Waals surface area (Å²) in [6, 6.07) is 5.40. The Kier molecular flexibility index (Phi) is 4.71. The number of pyridine rings is 1. The molecule has 2 aromatic rings. The van der Waals surface area contributed by atoms with Crippen LogP contribution in [-0.4, -0.2) is 21.4 Å². The molecular weight excluding hydrogens is 307 g/mol. The number of rotatable bonds is 5. The van der Waals surface area contributed by atoms with E-state index in [9.17, 15) is 4.39 Å². The highest BCUT2D eigenvalue weighted by Crippen LogP contribution is 2.25. The minimum Gasteiger partial charge on any atom is -0.473 e. The highest BCUT2D eigenvalue weighted by molar-refractivity contribution is 5.39. The average Bonchev–Trinajstić information content (AvgIpc) is 3.04. The van der Waals surface area contributed by atoms with Gasteiger partial charge in [-0.3, -0.25) is 0 Å². The van der Waals surface area contributed by atoms with Crippen molar-refractivity contribution in [2.24, 2.45) is 0 Å². The van der Waals surface area contributed by atoms with Crippen LogP contribution < -0.4 is 4.74 Å². The quantitative estimate of drug-likeness (QED) is 0.842. The Labute approximate surface area is 139 Å². The Bertz CT molecular complexity index is 845. The van der Waals surface area contributed by atoms with E-state index in [1.165, 1.54) is 6.08 Å². The van der Waals surface area contributed by atoms with E-state index in [0.717, 1.165) is 17.6 Å². The molecule has 0 unspecified atom stereocenters. The Morgan fingerprint density at radius 2 is 2.25 bits per heavy atom. The molecule has 0 atom stereocenters. The van der Waals surface area contributed by atoms with E-state index in [1.54, 1.807) is 35.3 Å². The molecule has 122 valence electrons. The van der Waals surface area contributed by atoms with Crippen molar-refractivity contribution < 1.29 is 9.13 Å². The Balaban J connectivity index is 1.87. The molecule has 0 saturated carbocycles. The van der Waals surface area contributed by atoms with Gasteiger partial charge in [0.25, 0.3) is 0 Å². The third kappa shape index (κ3) is 3.35. The molecular formula is C18H17FN4O. The summed E-state index contributed by atoms with van der Waals surface area (Å²) in [7, 11) is 0. The molecule has 24 heavy (non-hydrogen) atoms. The van der Waals surface area contributed by atoms with E-state index in [4.69, 9.17) is 10.00 Å². The summed E-state index contributed by atoms with van der Waals surface area (Å²) in [5, 5.41) is 13.4. The maximum atomic E-state index is 13.1. The van der Waals surface area contributed by atoms with E-state index >= 15 is 0 Å². The smallest absolute Gasteiger partial charge is 0.221 e. The Morgan fingerprint density at radius 3 is 2.96 bits per heavy atom. The van der Waals surface area contributed by atoms with Gasteiger partial charge in [0.05, 0.1) is 17.8 Å². The summed E-state index contributed by atoms with van der Waals surface area (Å²) in [5.41, 5.74) is 2.50. The van der Waals surface area contributed by atoms with Crippen molar-refractivity contribution in [2.75, 3.05) is 6.61 Å². The fourth-order valence-corrected chi connectivity index (χ4v) is 2.47. The van der Waals surface area contributed by atoms with Gasteiger partial charge in [0.15, 0.2) is 5.82 Å². The molecule has 0 aromatic carbocycles. The molecule has 0 bridgehead atoms. The molecule has 0 spiro atoms. The van der Waals surface area contributed by atoms with E-state index in [0.29, 0.717) is 36.7 Å². The summed E-state index contributed by atoms with van der Waals surface area (Å²) in [6.45, 7) is 2.39. The predicted molar refractivity (Wildman–Crippen MR) is 87.5 cm³/mol. The number of nitriles is 1. The maximum absolute atomic E-state index is 13.1. The van der Waals surface area contributed by atoms with Gasteiger partial charge in [-0.2, -0.15) is 15.0 Å². The molecule has 0 saturated heterocycles. The molecule has 5 nitrogen and oxygen atoms in total. The second-order valence-electron chi connectivity index (χ2n) is 5.48. The van der Waals surface area contributed by atoms with Crippen molar-refractivity contribution in [3.63, 3.8) is 0 Å². The highest BCUT2D eigenvalue weighted by Gasteiger charge is 2.15. The first-order chi connectivity index (χ1) is 11.7. The second-order valence-corrected chi connectivity index (χ2v) is 5.48. The van der Waals surface area contributed by atoms with E-state index in [1.807, 2.05) is 6.92 Å². The first kappa shape index (κ1) is 15.9. The van der Waals surface area contributed by atoms with E-state index in [-0.39, 0.29) is 5.83 Å². The van der Waals surface area contributed by atoms with Crippen LogP contribution in [0.5, 0.6) is 5.88 Å². The number of hydrogen-bond donors (Lipinski definition) is 0. The lowest BCUT2D eigenvalue weighted by Crippen LogP contribution is -2.09. The first-order valence-corrected chi connectivity index (χ1v) is 7.81. The van der Waals surface area contributed by atoms with Crippen LogP contribution in [0.25, 0.3) is 5.82 Å². The van der Waals surface area contributed by atoms with Crippen LogP contribution in [-0.2, 0) is 6.42 Å². The topological polar surface area (TPSA) is 63.7 Å². The van der Waals surface area contributed by atoms with Gasteiger partial charge in [-0.25, -0.2) is 9.37 Å². The summed E-state index contributed by atoms with van der Waals surface area (Å²) in [5.74, 6) is 1.04. The van der Waals surface area contributed by atoms with Crippen LogP contribution in [0.15, 0.2) is 48.1 Å². The fourth-order valence-electron chi connectivity index (χ4n) is 2.47. The highest BCUT2D eigenvalue weighted by atomic mass is 19.1. The summed E-state index contributed by atoms with van der Waals surface area (Å²) < 4.78 is 20.6. The minimum atomic E-state index is -0.101. The monoisotopic (exact) mass is 324 g/mol. The number of allylic oxidation sites excluding steroid dienone is 3. The van der Waals surface area contributed by atoms with Gasteiger partial charge < -0.3 is 4.74 Å². The lowest BCUT2D eigenvalue weighted by Gasteiger charge is -2.14. The zero-order valence-corrected chi connectivity index (χ0v) is 13.4. The van der Waals surface area contributed by atoms with Gasteiger partial charge in [0.2, 0.25) is 5.88 Å². The Hall–Kier alpha value is -2.94. The lowest BCUT2D eigenvalue weighted by molar-refractivity contribution is 0.318. The fraction of sp³-hybridized carbons (Fsp3) is 0.278. The van der Waals surface area contributed by atoms with Crippen LogP contribution in [0.3, 0.4) is 0 Å². The molecule has 1 aliphatic rings. The van der Waals surface area contributed by atoms with Gasteiger partial charge in [-0.15, -0.1) is 0 Å². The molecule has 2 heterocycles. The van der Waals surface area contributed by atoms with Gasteiger partial charge in [0, 0.05) is 24.2 Å². The summed E-state index contributed by atoms with van der Waals surface area (Å²) >= 11 is 0. The van der Waals surface area contributed by atoms with Crippen molar-refractivity contribution in [2.45, 2.75) is 26.2 Å². The number of aromatic nitrogens is 3. The molecule has 6 heteroatoms. The van der Waals surface area contributed by atoms with Crippen LogP contribution >= 0.6 is 0 Å².